The van der Waals surface area contributed by atoms with E-state index in [-0.39, 0.29) is 5.41 Å². The molecule has 0 radical (unpaired) electrons. The number of allylic oxidation sites excluding steroid dienone is 13. The highest BCUT2D eigenvalue weighted by Crippen LogP contribution is 2.53. The van der Waals surface area contributed by atoms with E-state index >= 15 is 0 Å². The lowest BCUT2D eigenvalue weighted by Crippen LogP contribution is -2.47. The highest BCUT2D eigenvalue weighted by atomic mass is 15.2. The van der Waals surface area contributed by atoms with Crippen LogP contribution in [-0.2, 0) is 5.41 Å². The molecule has 4 aromatic rings. The first kappa shape index (κ1) is 34.2. The molecular formula is C52H53N3. The summed E-state index contributed by atoms with van der Waals surface area (Å²) < 4.78 is 2.55. The van der Waals surface area contributed by atoms with Crippen LogP contribution in [0.4, 0.5) is 0 Å². The van der Waals surface area contributed by atoms with Gasteiger partial charge in [-0.15, -0.1) is 0 Å². The van der Waals surface area contributed by atoms with E-state index in [4.69, 9.17) is 0 Å². The van der Waals surface area contributed by atoms with Crippen LogP contribution in [0, 0.1) is 11.8 Å². The van der Waals surface area contributed by atoms with Gasteiger partial charge in [-0.05, 0) is 107 Å². The van der Waals surface area contributed by atoms with Gasteiger partial charge >= 0.3 is 0 Å². The molecule has 1 N–H and O–H groups in total. The number of nitrogens with one attached hydrogen (secondary N) is 1. The van der Waals surface area contributed by atoms with Gasteiger partial charge in [0, 0.05) is 57.6 Å². The predicted molar refractivity (Wildman–Crippen MR) is 232 cm³/mol. The summed E-state index contributed by atoms with van der Waals surface area (Å²) in [5.41, 5.74) is 15.6. The lowest BCUT2D eigenvalue weighted by atomic mass is 9.76. The van der Waals surface area contributed by atoms with Gasteiger partial charge in [-0.1, -0.05) is 137 Å². The van der Waals surface area contributed by atoms with E-state index in [0.29, 0.717) is 30.0 Å². The minimum Gasteiger partial charge on any atom is -0.387 e. The number of fused-ring (bicyclic) bond motifs is 6. The van der Waals surface area contributed by atoms with E-state index < -0.39 is 0 Å². The van der Waals surface area contributed by atoms with Gasteiger partial charge in [0.25, 0.3) is 0 Å². The number of rotatable bonds is 6. The summed E-state index contributed by atoms with van der Waals surface area (Å²) >= 11 is 0. The second-order valence-corrected chi connectivity index (χ2v) is 17.3. The molecule has 10 rings (SSSR count). The molecule has 3 heteroatoms. The van der Waals surface area contributed by atoms with Crippen LogP contribution < -0.4 is 5.32 Å². The van der Waals surface area contributed by atoms with Crippen molar-refractivity contribution in [3.05, 3.63) is 179 Å². The topological polar surface area (TPSA) is 20.2 Å². The summed E-state index contributed by atoms with van der Waals surface area (Å²) in [5.74, 6) is 0.798. The average molecular weight is 720 g/mol. The van der Waals surface area contributed by atoms with Gasteiger partial charge in [-0.25, -0.2) is 0 Å². The van der Waals surface area contributed by atoms with Crippen LogP contribution in [0.15, 0.2) is 162 Å². The molecule has 0 saturated heterocycles. The summed E-state index contributed by atoms with van der Waals surface area (Å²) in [6.45, 7) is 10.7. The van der Waals surface area contributed by atoms with Crippen molar-refractivity contribution in [2.75, 3.05) is 6.54 Å². The van der Waals surface area contributed by atoms with Crippen molar-refractivity contribution in [3.8, 4) is 0 Å². The van der Waals surface area contributed by atoms with Gasteiger partial charge in [0.1, 0.15) is 0 Å². The first-order chi connectivity index (χ1) is 26.9. The third-order valence-electron chi connectivity index (χ3n) is 13.6. The predicted octanol–water partition coefficient (Wildman–Crippen LogP) is 12.3. The van der Waals surface area contributed by atoms with E-state index in [9.17, 15) is 0 Å². The van der Waals surface area contributed by atoms with Gasteiger partial charge in [0.05, 0.1) is 12.1 Å². The van der Waals surface area contributed by atoms with Crippen molar-refractivity contribution in [1.82, 2.24) is 14.8 Å². The molecule has 2 heterocycles. The van der Waals surface area contributed by atoms with E-state index in [0.717, 1.165) is 38.6 Å². The van der Waals surface area contributed by atoms with E-state index in [1.54, 1.807) is 0 Å². The number of hydrogen-bond donors (Lipinski definition) is 1. The molecule has 3 aromatic carbocycles. The zero-order chi connectivity index (χ0) is 37.3. The van der Waals surface area contributed by atoms with Gasteiger partial charge in [-0.3, -0.25) is 0 Å². The highest BCUT2D eigenvalue weighted by molar-refractivity contribution is 6.09. The van der Waals surface area contributed by atoms with Crippen LogP contribution in [0.5, 0.6) is 0 Å². The minimum atomic E-state index is -0.00963. The van der Waals surface area contributed by atoms with Crippen molar-refractivity contribution in [2.45, 2.75) is 83.3 Å². The van der Waals surface area contributed by atoms with Crippen LogP contribution in [0.2, 0.25) is 0 Å². The molecule has 5 atom stereocenters. The molecule has 0 saturated carbocycles. The molecule has 0 spiro atoms. The Hall–Kier alpha value is -5.28. The molecule has 1 aromatic heterocycles. The third-order valence-corrected chi connectivity index (χ3v) is 13.6. The Bertz CT molecular complexity index is 2500. The summed E-state index contributed by atoms with van der Waals surface area (Å²) in [4.78, 5) is 2.89. The van der Waals surface area contributed by atoms with Crippen molar-refractivity contribution in [1.29, 1.82) is 0 Å². The molecule has 55 heavy (non-hydrogen) atoms. The summed E-state index contributed by atoms with van der Waals surface area (Å²) in [6.07, 6.45) is 34.0. The van der Waals surface area contributed by atoms with E-state index in [1.807, 2.05) is 0 Å². The quantitative estimate of drug-likeness (QED) is 0.214. The smallest absolute Gasteiger partial charge is 0.0560 e. The monoisotopic (exact) mass is 719 g/mol. The molecule has 5 aliphatic carbocycles. The minimum absolute atomic E-state index is 0.00963. The van der Waals surface area contributed by atoms with Gasteiger partial charge < -0.3 is 14.8 Å². The second-order valence-electron chi connectivity index (χ2n) is 17.3. The van der Waals surface area contributed by atoms with Gasteiger partial charge in [-0.2, -0.15) is 0 Å². The largest absolute Gasteiger partial charge is 0.387 e. The van der Waals surface area contributed by atoms with Crippen molar-refractivity contribution >= 4 is 33.0 Å². The van der Waals surface area contributed by atoms with E-state index in [1.165, 1.54) is 72.1 Å². The fourth-order valence-electron chi connectivity index (χ4n) is 10.7. The number of nitrogens with zero attached hydrogens (tertiary/aromatic N) is 2. The lowest BCUT2D eigenvalue weighted by molar-refractivity contribution is 0.155. The summed E-state index contributed by atoms with van der Waals surface area (Å²) in [7, 11) is 0. The van der Waals surface area contributed by atoms with Crippen LogP contribution in [-0.4, -0.2) is 28.1 Å². The van der Waals surface area contributed by atoms with Crippen molar-refractivity contribution in [2.24, 2.45) is 11.8 Å². The van der Waals surface area contributed by atoms with E-state index in [2.05, 4.69) is 182 Å². The number of dihydropyridines is 1. The molecule has 0 fully saturated rings. The number of hydrogen-bond acceptors (Lipinski definition) is 2. The molecule has 1 aliphatic heterocycles. The van der Waals surface area contributed by atoms with Gasteiger partial charge in [0.2, 0.25) is 0 Å². The highest BCUT2D eigenvalue weighted by Gasteiger charge is 2.43. The SMILES string of the molecule is CC1CC(c2ccc3c(c2)c2ccccc2n3C2C=CC=CC2)=CC=C1N(C1CC=C(C2=CNCC=C2)CC1)C1C=C2C(=CC1C)c1ccccc1C2(C)C. The van der Waals surface area contributed by atoms with Crippen LogP contribution >= 0.6 is 0 Å². The van der Waals surface area contributed by atoms with Gasteiger partial charge in [0.15, 0.2) is 0 Å². The Kier molecular flexibility index (Phi) is 8.39. The molecule has 3 nitrogen and oxygen atoms in total. The first-order valence-corrected chi connectivity index (χ1v) is 20.8. The Morgan fingerprint density at radius 1 is 0.836 bits per heavy atom. The summed E-state index contributed by atoms with van der Waals surface area (Å²) in [6, 6.07) is 26.4. The Balaban J connectivity index is 1.04. The zero-order valence-electron chi connectivity index (χ0n) is 32.8. The van der Waals surface area contributed by atoms with Crippen LogP contribution in [0.3, 0.4) is 0 Å². The molecule has 0 amide bonds. The lowest BCUT2D eigenvalue weighted by Gasteiger charge is -2.47. The average Bonchev–Trinajstić information content (AvgIpc) is 3.67. The van der Waals surface area contributed by atoms with Crippen molar-refractivity contribution in [3.63, 3.8) is 0 Å². The third kappa shape index (κ3) is 5.69. The van der Waals surface area contributed by atoms with Crippen LogP contribution in [0.25, 0.3) is 33.0 Å². The molecule has 276 valence electrons. The number of aromatic nitrogens is 1. The number of benzene rings is 3. The summed E-state index contributed by atoms with van der Waals surface area (Å²) in [5, 5.41) is 6.13. The molecule has 6 aliphatic rings. The molecule has 0 bridgehead atoms. The fourth-order valence-corrected chi connectivity index (χ4v) is 10.7. The Labute approximate surface area is 327 Å². The molecular weight excluding hydrogens is 667 g/mol. The van der Waals surface area contributed by atoms with Crippen molar-refractivity contribution < 1.29 is 0 Å². The maximum atomic E-state index is 3.43. The number of para-hydroxylation sites is 1. The first-order valence-electron chi connectivity index (χ1n) is 20.8. The zero-order valence-corrected chi connectivity index (χ0v) is 32.8. The van der Waals surface area contributed by atoms with Crippen LogP contribution in [0.1, 0.15) is 82.5 Å². The Morgan fingerprint density at radius 3 is 2.49 bits per heavy atom. The Morgan fingerprint density at radius 2 is 1.69 bits per heavy atom. The maximum absolute atomic E-state index is 3.43. The standard InChI is InChI=1S/C52H53N3/c1-34-29-37(38-23-27-50-45(31-38)43-17-9-11-19-49(43)55(50)40-14-6-5-7-15-40)22-26-48(34)54(41-24-20-36(21-25-41)39-13-12-28-53-33-39)51-32-47-44(30-35(51)2)42-16-8-10-18-46(42)52(47,3)4/h5-14,16-20,22-23,26-27,30-35,40-41,51,53H,15,21,24-25,28-29H2,1-4H3. The molecule has 5 unspecified atom stereocenters. The normalized spacial score (nSPS) is 26.7. The second kappa shape index (κ2) is 13.5. The maximum Gasteiger partial charge on any atom is 0.0560 e. The fraction of sp³-hybridized carbons (Fsp3) is 0.308.